The Hall–Kier alpha value is -2.22. The van der Waals surface area contributed by atoms with E-state index in [0.717, 1.165) is 18.5 Å². The van der Waals surface area contributed by atoms with E-state index in [-0.39, 0.29) is 17.6 Å². The molecule has 130 valence electrons. The molecule has 6 N–H and O–H groups in total. The highest BCUT2D eigenvalue weighted by Gasteiger charge is 2.25. The highest BCUT2D eigenvalue weighted by molar-refractivity contribution is 9.10. The zero-order chi connectivity index (χ0) is 17.7. The number of halogens is 1. The Bertz CT molecular complexity index is 662. The Kier molecular flexibility index (Phi) is 6.08. The highest BCUT2D eigenvalue weighted by Crippen LogP contribution is 2.26. The van der Waals surface area contributed by atoms with E-state index in [9.17, 15) is 4.79 Å². The zero-order valence-electron chi connectivity index (χ0n) is 13.5. The highest BCUT2D eigenvalue weighted by atomic mass is 79.9. The van der Waals surface area contributed by atoms with E-state index < -0.39 is 0 Å². The number of amides is 1. The van der Waals surface area contributed by atoms with Crippen molar-refractivity contribution in [2.45, 2.75) is 12.8 Å². The number of carbonyl (C=O) groups excluding carboxylic acids is 1. The van der Waals surface area contributed by atoms with Crippen LogP contribution in [0.25, 0.3) is 0 Å². The van der Waals surface area contributed by atoms with Gasteiger partial charge >= 0.3 is 0 Å². The predicted molar refractivity (Wildman–Crippen MR) is 95.8 cm³/mol. The number of ether oxygens (including phenoxy) is 1. The second-order valence-electron chi connectivity index (χ2n) is 5.60. The summed E-state index contributed by atoms with van der Waals surface area (Å²) in [6, 6.07) is 1.64. The van der Waals surface area contributed by atoms with Crippen molar-refractivity contribution in [3.05, 3.63) is 46.1 Å². The normalized spacial score (nSPS) is 15.9. The van der Waals surface area contributed by atoms with Crippen LogP contribution in [0.15, 0.2) is 40.4 Å². The molecule has 0 aromatic carbocycles. The Morgan fingerprint density at radius 2 is 2.00 bits per heavy atom. The summed E-state index contributed by atoms with van der Waals surface area (Å²) < 4.78 is 5.92. The lowest BCUT2D eigenvalue weighted by Gasteiger charge is -2.32. The Balaban J connectivity index is 2.00. The Morgan fingerprint density at radius 1 is 1.33 bits per heavy atom. The third-order valence-corrected chi connectivity index (χ3v) is 4.58. The van der Waals surface area contributed by atoms with Gasteiger partial charge in [0.05, 0.1) is 17.4 Å². The van der Waals surface area contributed by atoms with Crippen molar-refractivity contribution in [3.8, 4) is 5.75 Å². The van der Waals surface area contributed by atoms with Crippen LogP contribution in [0.3, 0.4) is 0 Å². The molecule has 1 saturated heterocycles. The van der Waals surface area contributed by atoms with E-state index in [1.54, 1.807) is 36.4 Å². The maximum absolute atomic E-state index is 12.6. The predicted octanol–water partition coefficient (Wildman–Crippen LogP) is 1.31. The van der Waals surface area contributed by atoms with Crippen molar-refractivity contribution in [2.75, 3.05) is 20.2 Å². The van der Waals surface area contributed by atoms with Crippen LogP contribution >= 0.6 is 15.9 Å². The summed E-state index contributed by atoms with van der Waals surface area (Å²) in [4.78, 5) is 18.5. The van der Waals surface area contributed by atoms with Crippen LogP contribution in [-0.4, -0.2) is 36.0 Å². The fraction of sp³-hybridized carbons (Fsp3) is 0.375. The number of nitrogens with two attached hydrogens (primary N) is 3. The number of carbonyl (C=O) groups is 1. The molecule has 2 rings (SSSR count). The van der Waals surface area contributed by atoms with E-state index in [4.69, 9.17) is 21.9 Å². The van der Waals surface area contributed by atoms with Gasteiger partial charge in [0.25, 0.3) is 5.91 Å². The van der Waals surface area contributed by atoms with Gasteiger partial charge in [0, 0.05) is 37.0 Å². The molecule has 1 aromatic heterocycles. The SMILES string of the molecule is COc1cc(C(=O)N2CCC(/C(N)=C/C=C(N)N)CC2)ncc1Br. The van der Waals surface area contributed by atoms with Crippen molar-refractivity contribution in [3.63, 3.8) is 0 Å². The van der Waals surface area contributed by atoms with Gasteiger partial charge in [-0.25, -0.2) is 4.98 Å². The molecule has 0 saturated carbocycles. The third-order valence-electron chi connectivity index (χ3n) is 3.98. The van der Waals surface area contributed by atoms with E-state index >= 15 is 0 Å². The van der Waals surface area contributed by atoms with Crippen molar-refractivity contribution in [2.24, 2.45) is 23.1 Å². The number of methoxy groups -OCH3 is 1. The molecule has 0 bridgehead atoms. The van der Waals surface area contributed by atoms with Crippen LogP contribution in [-0.2, 0) is 0 Å². The van der Waals surface area contributed by atoms with Crippen LogP contribution in [0.1, 0.15) is 23.3 Å². The lowest BCUT2D eigenvalue weighted by atomic mass is 9.93. The van der Waals surface area contributed by atoms with E-state index in [1.807, 2.05) is 0 Å². The number of rotatable bonds is 4. The summed E-state index contributed by atoms with van der Waals surface area (Å²) in [7, 11) is 1.55. The topological polar surface area (TPSA) is 120 Å². The molecule has 1 amide bonds. The lowest BCUT2D eigenvalue weighted by molar-refractivity contribution is 0.0695. The lowest BCUT2D eigenvalue weighted by Crippen LogP contribution is -2.39. The van der Waals surface area contributed by atoms with Crippen LogP contribution in [0.2, 0.25) is 0 Å². The molecule has 1 aliphatic rings. The van der Waals surface area contributed by atoms with Crippen LogP contribution in [0, 0.1) is 5.92 Å². The fourth-order valence-corrected chi connectivity index (χ4v) is 2.98. The molecule has 7 nitrogen and oxygen atoms in total. The average Bonchev–Trinajstić information content (AvgIpc) is 2.59. The number of piperidine rings is 1. The molecule has 1 aromatic rings. The van der Waals surface area contributed by atoms with E-state index in [1.165, 1.54) is 0 Å². The van der Waals surface area contributed by atoms with Crippen molar-refractivity contribution < 1.29 is 9.53 Å². The number of hydrogen-bond donors (Lipinski definition) is 3. The van der Waals surface area contributed by atoms with Crippen molar-refractivity contribution in [1.29, 1.82) is 0 Å². The molecule has 0 radical (unpaired) electrons. The van der Waals surface area contributed by atoms with Gasteiger partial charge in [-0.15, -0.1) is 0 Å². The second kappa shape index (κ2) is 8.05. The standard InChI is InChI=1S/C16H22BrN5O2/c1-24-14-8-13(21-9-11(14)17)16(23)22-6-4-10(5-7-22)12(18)2-3-15(19)20/h2-3,8-10H,4-7,18-20H2,1H3/b12-2-. The molecule has 1 aliphatic heterocycles. The van der Waals surface area contributed by atoms with Gasteiger partial charge in [0.15, 0.2) is 0 Å². The van der Waals surface area contributed by atoms with Crippen LogP contribution in [0.5, 0.6) is 5.75 Å². The third kappa shape index (κ3) is 4.41. The number of allylic oxidation sites excluding steroid dienone is 3. The first-order valence-electron chi connectivity index (χ1n) is 7.59. The first-order valence-corrected chi connectivity index (χ1v) is 8.38. The first-order chi connectivity index (χ1) is 11.4. The van der Waals surface area contributed by atoms with Gasteiger partial charge in [0.2, 0.25) is 0 Å². The molecule has 8 heteroatoms. The minimum absolute atomic E-state index is 0.104. The molecule has 0 unspecified atom stereocenters. The summed E-state index contributed by atoms with van der Waals surface area (Å²) >= 11 is 3.33. The largest absolute Gasteiger partial charge is 0.495 e. The Labute approximate surface area is 149 Å². The maximum atomic E-state index is 12.6. The van der Waals surface area contributed by atoms with Gasteiger partial charge < -0.3 is 26.8 Å². The molecule has 24 heavy (non-hydrogen) atoms. The maximum Gasteiger partial charge on any atom is 0.272 e. The monoisotopic (exact) mass is 395 g/mol. The first kappa shape index (κ1) is 18.1. The fourth-order valence-electron chi connectivity index (χ4n) is 2.60. The quantitative estimate of drug-likeness (QED) is 0.660. The number of pyridine rings is 1. The Morgan fingerprint density at radius 3 is 2.58 bits per heavy atom. The van der Waals surface area contributed by atoms with Crippen LogP contribution < -0.4 is 21.9 Å². The summed E-state index contributed by atoms with van der Waals surface area (Å²) in [6.45, 7) is 1.25. The molecule has 0 atom stereocenters. The van der Waals surface area contributed by atoms with E-state index in [2.05, 4.69) is 20.9 Å². The van der Waals surface area contributed by atoms with Gasteiger partial charge in [-0.2, -0.15) is 0 Å². The number of likely N-dealkylation sites (tertiary alicyclic amines) is 1. The minimum Gasteiger partial charge on any atom is -0.495 e. The smallest absolute Gasteiger partial charge is 0.272 e. The zero-order valence-corrected chi connectivity index (χ0v) is 15.1. The van der Waals surface area contributed by atoms with Crippen molar-refractivity contribution in [1.82, 2.24) is 9.88 Å². The summed E-state index contributed by atoms with van der Waals surface area (Å²) in [6.07, 6.45) is 6.48. The van der Waals surface area contributed by atoms with Crippen molar-refractivity contribution >= 4 is 21.8 Å². The summed E-state index contributed by atoms with van der Waals surface area (Å²) in [5.74, 6) is 0.923. The van der Waals surface area contributed by atoms with Gasteiger partial charge in [0.1, 0.15) is 11.4 Å². The second-order valence-corrected chi connectivity index (χ2v) is 6.46. The van der Waals surface area contributed by atoms with E-state index in [0.29, 0.717) is 29.0 Å². The van der Waals surface area contributed by atoms with Crippen LogP contribution in [0.4, 0.5) is 0 Å². The summed E-state index contributed by atoms with van der Waals surface area (Å²) in [5.41, 5.74) is 18.0. The number of hydrogen-bond acceptors (Lipinski definition) is 6. The van der Waals surface area contributed by atoms with Gasteiger partial charge in [-0.3, -0.25) is 4.79 Å². The summed E-state index contributed by atoms with van der Waals surface area (Å²) in [5, 5.41) is 0. The molecule has 0 spiro atoms. The molecule has 1 fully saturated rings. The minimum atomic E-state index is -0.104. The van der Waals surface area contributed by atoms with Gasteiger partial charge in [-0.1, -0.05) is 0 Å². The number of aromatic nitrogens is 1. The molecular formula is C16H22BrN5O2. The molecule has 0 aliphatic carbocycles. The number of nitrogens with zero attached hydrogens (tertiary/aromatic N) is 2. The molecular weight excluding hydrogens is 374 g/mol. The average molecular weight is 396 g/mol. The molecule has 2 heterocycles. The van der Waals surface area contributed by atoms with Gasteiger partial charge in [-0.05, 0) is 40.9 Å².